The third-order valence-corrected chi connectivity index (χ3v) is 6.72. The van der Waals surface area contributed by atoms with Crippen LogP contribution in [0.3, 0.4) is 0 Å². The highest BCUT2D eigenvalue weighted by atomic mass is 32.1. The monoisotopic (exact) mass is 487 g/mol. The maximum absolute atomic E-state index is 12.2. The molecule has 10 heteroatoms. The van der Waals surface area contributed by atoms with E-state index in [9.17, 15) is 9.59 Å². The van der Waals surface area contributed by atoms with Gasteiger partial charge < -0.3 is 20.9 Å². The molecule has 5 rings (SSSR count). The van der Waals surface area contributed by atoms with Gasteiger partial charge in [0.15, 0.2) is 5.13 Å². The van der Waals surface area contributed by atoms with Crippen molar-refractivity contribution in [2.45, 2.75) is 32.4 Å². The Bertz CT molecular complexity index is 1390. The van der Waals surface area contributed by atoms with Crippen molar-refractivity contribution in [2.24, 2.45) is 0 Å². The van der Waals surface area contributed by atoms with Crippen molar-refractivity contribution in [1.29, 1.82) is 0 Å². The molecule has 9 nitrogen and oxygen atoms in total. The summed E-state index contributed by atoms with van der Waals surface area (Å²) < 4.78 is 0. The third kappa shape index (κ3) is 5.22. The van der Waals surface area contributed by atoms with Crippen molar-refractivity contribution in [3.63, 3.8) is 0 Å². The molecule has 0 spiro atoms. The molecule has 0 aliphatic carbocycles. The number of nitrogens with zero attached hydrogens (tertiary/aromatic N) is 4. The van der Waals surface area contributed by atoms with E-state index in [1.54, 1.807) is 6.20 Å². The van der Waals surface area contributed by atoms with Gasteiger partial charge in [-0.3, -0.25) is 9.59 Å². The zero-order valence-corrected chi connectivity index (χ0v) is 20.2. The fourth-order valence-electron chi connectivity index (χ4n) is 3.83. The largest absolute Gasteiger partial charge is 0.350 e. The average molecular weight is 488 g/mol. The second-order valence-corrected chi connectivity index (χ2v) is 9.44. The lowest BCUT2D eigenvalue weighted by atomic mass is 10.2. The molecule has 1 unspecified atom stereocenters. The van der Waals surface area contributed by atoms with Gasteiger partial charge in [0.05, 0.1) is 0 Å². The Labute approximate surface area is 206 Å². The molecular weight excluding hydrogens is 462 g/mol. The molecule has 1 fully saturated rings. The number of rotatable bonds is 7. The van der Waals surface area contributed by atoms with Gasteiger partial charge in [0.1, 0.15) is 28.0 Å². The van der Waals surface area contributed by atoms with Crippen molar-refractivity contribution >= 4 is 56.0 Å². The first-order chi connectivity index (χ1) is 16.9. The molecule has 1 saturated heterocycles. The molecule has 3 aromatic heterocycles. The number of thiazole rings is 1. The van der Waals surface area contributed by atoms with Crippen LogP contribution in [-0.4, -0.2) is 39.9 Å². The van der Waals surface area contributed by atoms with E-state index in [1.807, 2.05) is 36.2 Å². The molecule has 1 aromatic carbocycles. The number of anilines is 4. The number of hydrogen-bond acceptors (Lipinski definition) is 8. The smallest absolute Gasteiger partial charge is 0.242 e. The Morgan fingerprint density at radius 3 is 2.77 bits per heavy atom. The molecule has 3 N–H and O–H groups in total. The van der Waals surface area contributed by atoms with Crippen molar-refractivity contribution in [3.05, 3.63) is 65.9 Å². The highest BCUT2D eigenvalue weighted by molar-refractivity contribution is 7.21. The summed E-state index contributed by atoms with van der Waals surface area (Å²) in [6.45, 7) is 2.41. The van der Waals surface area contributed by atoms with Crippen LogP contribution in [0.4, 0.5) is 22.5 Å². The summed E-state index contributed by atoms with van der Waals surface area (Å²) in [6.07, 6.45) is 2.60. The molecule has 35 heavy (non-hydrogen) atoms. The summed E-state index contributed by atoms with van der Waals surface area (Å²) in [5.74, 6) is 1.21. The van der Waals surface area contributed by atoms with Crippen molar-refractivity contribution in [1.82, 2.24) is 25.6 Å². The fourth-order valence-corrected chi connectivity index (χ4v) is 4.67. The molecule has 1 atom stereocenters. The van der Waals surface area contributed by atoms with Gasteiger partial charge in [0.25, 0.3) is 0 Å². The van der Waals surface area contributed by atoms with Crippen molar-refractivity contribution < 1.29 is 9.59 Å². The van der Waals surface area contributed by atoms with E-state index in [-0.39, 0.29) is 11.8 Å². The molecule has 0 saturated carbocycles. The normalized spacial score (nSPS) is 15.1. The second-order valence-electron chi connectivity index (χ2n) is 8.46. The number of carbonyl (C=O) groups excluding carboxylic acids is 2. The quantitative estimate of drug-likeness (QED) is 0.363. The van der Waals surface area contributed by atoms with Crippen LogP contribution in [0.2, 0.25) is 0 Å². The summed E-state index contributed by atoms with van der Waals surface area (Å²) in [5.41, 5.74) is 3.97. The summed E-state index contributed by atoms with van der Waals surface area (Å²) in [7, 11) is 1.99. The van der Waals surface area contributed by atoms with Gasteiger partial charge in [0.2, 0.25) is 11.8 Å². The minimum Gasteiger partial charge on any atom is -0.350 e. The maximum Gasteiger partial charge on any atom is 0.242 e. The third-order valence-electron chi connectivity index (χ3n) is 5.84. The lowest BCUT2D eigenvalue weighted by Crippen LogP contribution is -2.41. The van der Waals surface area contributed by atoms with E-state index in [4.69, 9.17) is 4.98 Å². The Balaban J connectivity index is 1.26. The van der Waals surface area contributed by atoms with Crippen molar-refractivity contribution in [3.8, 4) is 0 Å². The van der Waals surface area contributed by atoms with Gasteiger partial charge in [0, 0.05) is 31.9 Å². The van der Waals surface area contributed by atoms with Crippen LogP contribution < -0.4 is 20.9 Å². The first-order valence-electron chi connectivity index (χ1n) is 11.3. The van der Waals surface area contributed by atoms with Gasteiger partial charge in [-0.25, -0.2) is 15.0 Å². The number of carbonyl (C=O) groups is 2. The number of fused-ring (bicyclic) bond motifs is 1. The summed E-state index contributed by atoms with van der Waals surface area (Å²) in [6, 6.07) is 15.5. The summed E-state index contributed by atoms with van der Waals surface area (Å²) in [4.78, 5) is 40.2. The van der Waals surface area contributed by atoms with Crippen LogP contribution in [0.15, 0.2) is 54.7 Å². The average Bonchev–Trinajstić information content (AvgIpc) is 3.48. The van der Waals surface area contributed by atoms with E-state index in [0.29, 0.717) is 30.3 Å². The first kappa shape index (κ1) is 22.7. The Kier molecular flexibility index (Phi) is 6.28. The van der Waals surface area contributed by atoms with Crippen LogP contribution in [-0.2, 0) is 16.1 Å². The number of nitrogens with one attached hydrogen (secondary N) is 3. The number of amides is 2. The molecule has 4 aromatic rings. The number of aromatic nitrogens is 3. The number of pyridine rings is 2. The summed E-state index contributed by atoms with van der Waals surface area (Å²) >= 11 is 1.45. The van der Waals surface area contributed by atoms with Crippen LogP contribution >= 0.6 is 11.3 Å². The molecule has 1 aliphatic heterocycles. The Morgan fingerprint density at radius 2 is 2.00 bits per heavy atom. The van der Waals surface area contributed by atoms with E-state index < -0.39 is 6.04 Å². The minimum absolute atomic E-state index is 0.0835. The highest BCUT2D eigenvalue weighted by Gasteiger charge is 2.26. The molecule has 0 radical (unpaired) electrons. The maximum atomic E-state index is 12.2. The highest BCUT2D eigenvalue weighted by Crippen LogP contribution is 2.30. The number of hydrogen-bond donors (Lipinski definition) is 3. The topological polar surface area (TPSA) is 112 Å². The van der Waals surface area contributed by atoms with Crippen molar-refractivity contribution in [2.75, 3.05) is 17.3 Å². The molecular formula is C25H25N7O2S. The van der Waals surface area contributed by atoms with Gasteiger partial charge >= 0.3 is 0 Å². The number of aryl methyl sites for hydroxylation is 1. The van der Waals surface area contributed by atoms with E-state index in [0.717, 1.165) is 27.4 Å². The predicted molar refractivity (Wildman–Crippen MR) is 137 cm³/mol. The minimum atomic E-state index is -0.452. The second kappa shape index (κ2) is 9.67. The molecule has 1 aliphatic rings. The van der Waals surface area contributed by atoms with Crippen LogP contribution in [0.5, 0.6) is 0 Å². The van der Waals surface area contributed by atoms with Crippen LogP contribution in [0, 0.1) is 6.92 Å². The van der Waals surface area contributed by atoms with Gasteiger partial charge in [-0.2, -0.15) is 0 Å². The Morgan fingerprint density at radius 1 is 1.17 bits per heavy atom. The Hall–Kier alpha value is -4.05. The zero-order chi connectivity index (χ0) is 24.4. The van der Waals surface area contributed by atoms with E-state index >= 15 is 0 Å². The number of benzene rings is 1. The molecule has 4 heterocycles. The van der Waals surface area contributed by atoms with Gasteiger partial charge in [-0.05, 0) is 55.3 Å². The zero-order valence-electron chi connectivity index (χ0n) is 19.4. The standard InChI is InChI=1S/C25H25N7O2S/c1-15-3-5-17(6-4-15)32(2)21-9-7-19-24(31-21)35-25(29-19)30-20-13-16(11-12-26-20)14-27-23(34)18-8-10-22(33)28-18/h3-7,9,11-13,18H,8,10,14H2,1-2H3,(H,27,34)(H,28,33)(H,26,29,30). The lowest BCUT2D eigenvalue weighted by molar-refractivity contribution is -0.125. The summed E-state index contributed by atoms with van der Waals surface area (Å²) in [5, 5.41) is 9.47. The van der Waals surface area contributed by atoms with E-state index in [1.165, 1.54) is 16.9 Å². The molecule has 2 amide bonds. The fraction of sp³-hybridized carbons (Fsp3) is 0.240. The van der Waals surface area contributed by atoms with Crippen LogP contribution in [0.1, 0.15) is 24.0 Å². The lowest BCUT2D eigenvalue weighted by Gasteiger charge is -2.18. The predicted octanol–water partition coefficient (Wildman–Crippen LogP) is 3.80. The van der Waals surface area contributed by atoms with Gasteiger partial charge in [-0.1, -0.05) is 29.0 Å². The SMILES string of the molecule is Cc1ccc(N(C)c2ccc3nc(Nc4cc(CNC(=O)C5CCC(=O)N5)ccn4)sc3n2)cc1. The molecule has 0 bridgehead atoms. The molecule has 178 valence electrons. The van der Waals surface area contributed by atoms with E-state index in [2.05, 4.69) is 57.1 Å². The first-order valence-corrected chi connectivity index (χ1v) is 12.1. The van der Waals surface area contributed by atoms with Gasteiger partial charge in [-0.15, -0.1) is 0 Å². The van der Waals surface area contributed by atoms with Crippen LogP contribution in [0.25, 0.3) is 10.3 Å².